The second-order valence-corrected chi connectivity index (χ2v) is 5.70. The van der Waals surface area contributed by atoms with E-state index in [4.69, 9.17) is 9.47 Å². The zero-order chi connectivity index (χ0) is 20.6. The van der Waals surface area contributed by atoms with E-state index >= 15 is 0 Å². The normalized spacial score (nSPS) is 11.1. The molecular formula is C20H17N5O4. The quantitative estimate of drug-likeness (QED) is 0.262. The highest BCUT2D eigenvalue weighted by Gasteiger charge is 2.11. The molecule has 29 heavy (non-hydrogen) atoms. The zero-order valence-corrected chi connectivity index (χ0v) is 15.7. The largest absolute Gasteiger partial charge is 0.494 e. The highest BCUT2D eigenvalue weighted by Crippen LogP contribution is 2.40. The van der Waals surface area contributed by atoms with Crippen molar-refractivity contribution in [1.29, 1.82) is 0 Å². The summed E-state index contributed by atoms with van der Waals surface area (Å²) < 4.78 is 10.8. The third-order valence-corrected chi connectivity index (χ3v) is 3.84. The lowest BCUT2D eigenvalue weighted by atomic mass is 10.2. The van der Waals surface area contributed by atoms with Gasteiger partial charge in [-0.05, 0) is 24.3 Å². The highest BCUT2D eigenvalue weighted by molar-refractivity contribution is 5.66. The highest BCUT2D eigenvalue weighted by atomic mass is 16.6. The second kappa shape index (κ2) is 9.18. The number of hydrogen-bond acceptors (Lipinski definition) is 8. The molecule has 0 N–H and O–H groups in total. The Hall–Kier alpha value is -4.14. The molecular weight excluding hydrogens is 374 g/mol. The number of methoxy groups -OCH3 is 2. The van der Waals surface area contributed by atoms with Crippen LogP contribution in [0.1, 0.15) is 0 Å². The number of ether oxygens (including phenoxy) is 2. The maximum absolute atomic E-state index is 10.7. The van der Waals surface area contributed by atoms with Crippen molar-refractivity contribution in [2.75, 3.05) is 14.2 Å². The molecule has 0 aliphatic rings. The molecule has 3 aromatic rings. The van der Waals surface area contributed by atoms with Crippen LogP contribution in [0.5, 0.6) is 11.5 Å². The van der Waals surface area contributed by atoms with Gasteiger partial charge in [-0.25, -0.2) is 0 Å². The van der Waals surface area contributed by atoms with Crippen LogP contribution in [0.25, 0.3) is 0 Å². The van der Waals surface area contributed by atoms with Gasteiger partial charge >= 0.3 is 0 Å². The van der Waals surface area contributed by atoms with Crippen LogP contribution < -0.4 is 9.47 Å². The van der Waals surface area contributed by atoms with Gasteiger partial charge in [0, 0.05) is 24.3 Å². The first kappa shape index (κ1) is 19.6. The third kappa shape index (κ3) is 4.98. The smallest absolute Gasteiger partial charge is 0.269 e. The van der Waals surface area contributed by atoms with Crippen molar-refractivity contribution >= 4 is 28.4 Å². The van der Waals surface area contributed by atoms with Gasteiger partial charge in [-0.15, -0.1) is 10.2 Å². The number of nitro groups is 1. The summed E-state index contributed by atoms with van der Waals surface area (Å²) in [6.07, 6.45) is 0. The number of benzene rings is 3. The number of nitro benzene ring substituents is 1. The van der Waals surface area contributed by atoms with Gasteiger partial charge in [0.25, 0.3) is 5.69 Å². The van der Waals surface area contributed by atoms with E-state index in [1.807, 2.05) is 30.3 Å². The summed E-state index contributed by atoms with van der Waals surface area (Å²) in [5.74, 6) is 0.876. The van der Waals surface area contributed by atoms with Gasteiger partial charge in [0.05, 0.1) is 30.5 Å². The van der Waals surface area contributed by atoms with E-state index in [9.17, 15) is 10.1 Å². The second-order valence-electron chi connectivity index (χ2n) is 5.70. The lowest BCUT2D eigenvalue weighted by Crippen LogP contribution is -1.88. The molecule has 146 valence electrons. The Kier molecular flexibility index (Phi) is 6.21. The fraction of sp³-hybridized carbons (Fsp3) is 0.100. The summed E-state index contributed by atoms with van der Waals surface area (Å²) in [5, 5.41) is 27.4. The van der Waals surface area contributed by atoms with Crippen molar-refractivity contribution in [2.24, 2.45) is 20.5 Å². The van der Waals surface area contributed by atoms with Crippen molar-refractivity contribution in [1.82, 2.24) is 0 Å². The average molecular weight is 391 g/mol. The molecule has 0 aliphatic heterocycles. The van der Waals surface area contributed by atoms with E-state index < -0.39 is 4.92 Å². The Bertz CT molecular complexity index is 1050. The van der Waals surface area contributed by atoms with E-state index in [1.54, 1.807) is 12.1 Å². The number of non-ortho nitro benzene ring substituents is 1. The molecule has 0 atom stereocenters. The molecule has 3 aromatic carbocycles. The monoisotopic (exact) mass is 391 g/mol. The molecule has 0 amide bonds. The lowest BCUT2D eigenvalue weighted by molar-refractivity contribution is -0.384. The minimum absolute atomic E-state index is 0.0173. The van der Waals surface area contributed by atoms with Crippen molar-refractivity contribution in [3.05, 3.63) is 76.8 Å². The number of hydrogen-bond donors (Lipinski definition) is 0. The van der Waals surface area contributed by atoms with Gasteiger partial charge in [0.15, 0.2) is 0 Å². The minimum atomic E-state index is -0.475. The standard InChI is InChI=1S/C20H17N5O4/c1-28-19-13-18(24-22-15-8-10-16(11-9-15)25(26)27)20(29-2)12-17(19)23-21-14-6-4-3-5-7-14/h3-13H,1-2H3/b23-21+,24-22+. The minimum Gasteiger partial charge on any atom is -0.494 e. The van der Waals surface area contributed by atoms with Gasteiger partial charge in [0.1, 0.15) is 22.9 Å². The molecule has 0 heterocycles. The number of azo groups is 2. The molecule has 0 saturated carbocycles. The summed E-state index contributed by atoms with van der Waals surface area (Å²) in [7, 11) is 3.02. The van der Waals surface area contributed by atoms with Gasteiger partial charge < -0.3 is 9.47 Å². The van der Waals surface area contributed by atoms with Gasteiger partial charge in [-0.3, -0.25) is 10.1 Å². The summed E-state index contributed by atoms with van der Waals surface area (Å²) in [6.45, 7) is 0. The maximum atomic E-state index is 10.7. The molecule has 0 saturated heterocycles. The van der Waals surface area contributed by atoms with Crippen LogP contribution in [0.15, 0.2) is 87.2 Å². The summed E-state index contributed by atoms with van der Waals surface area (Å²) in [6, 6.07) is 18.3. The molecule has 0 spiro atoms. The van der Waals surface area contributed by atoms with Gasteiger partial charge in [-0.1, -0.05) is 18.2 Å². The fourth-order valence-electron chi connectivity index (χ4n) is 2.38. The zero-order valence-electron chi connectivity index (χ0n) is 15.7. The van der Waals surface area contributed by atoms with Crippen LogP contribution >= 0.6 is 0 Å². The molecule has 9 nitrogen and oxygen atoms in total. The predicted molar refractivity (Wildman–Crippen MR) is 107 cm³/mol. The average Bonchev–Trinajstić information content (AvgIpc) is 2.77. The first-order valence-electron chi connectivity index (χ1n) is 8.49. The number of nitrogens with zero attached hydrogens (tertiary/aromatic N) is 5. The predicted octanol–water partition coefficient (Wildman–Crippen LogP) is 6.44. The van der Waals surface area contributed by atoms with Crippen molar-refractivity contribution in [3.63, 3.8) is 0 Å². The summed E-state index contributed by atoms with van der Waals surface area (Å²) in [5.41, 5.74) is 2.04. The Morgan fingerprint density at radius 2 is 1.21 bits per heavy atom. The molecule has 0 fully saturated rings. The first-order valence-corrected chi connectivity index (χ1v) is 8.49. The van der Waals surface area contributed by atoms with E-state index in [2.05, 4.69) is 20.5 Å². The molecule has 3 rings (SSSR count). The number of rotatable bonds is 7. The van der Waals surface area contributed by atoms with E-state index in [0.29, 0.717) is 34.2 Å². The van der Waals surface area contributed by atoms with E-state index in [0.717, 1.165) is 0 Å². The van der Waals surface area contributed by atoms with Crippen LogP contribution in [0.2, 0.25) is 0 Å². The molecule has 0 bridgehead atoms. The summed E-state index contributed by atoms with van der Waals surface area (Å²) in [4.78, 5) is 10.3. The molecule has 9 heteroatoms. The van der Waals surface area contributed by atoms with Crippen molar-refractivity contribution in [2.45, 2.75) is 0 Å². The van der Waals surface area contributed by atoms with E-state index in [1.165, 1.54) is 38.5 Å². The lowest BCUT2D eigenvalue weighted by Gasteiger charge is -2.09. The van der Waals surface area contributed by atoms with Gasteiger partial charge in [0.2, 0.25) is 0 Å². The molecule has 0 unspecified atom stereocenters. The SMILES string of the molecule is COc1cc(/N=N/c2ccc([N+](=O)[O-])cc2)c(OC)cc1/N=N/c1ccccc1. The van der Waals surface area contributed by atoms with Crippen molar-refractivity contribution < 1.29 is 14.4 Å². The van der Waals surface area contributed by atoms with Crippen molar-refractivity contribution in [3.8, 4) is 11.5 Å². The van der Waals surface area contributed by atoms with E-state index in [-0.39, 0.29) is 5.69 Å². The Labute approximate surface area is 166 Å². The van der Waals surface area contributed by atoms with Crippen LogP contribution in [0.4, 0.5) is 28.4 Å². The third-order valence-electron chi connectivity index (χ3n) is 3.84. The molecule has 0 aromatic heterocycles. The maximum Gasteiger partial charge on any atom is 0.269 e. The van der Waals surface area contributed by atoms with Gasteiger partial charge in [-0.2, -0.15) is 10.2 Å². The van der Waals surface area contributed by atoms with Crippen LogP contribution in [-0.4, -0.2) is 19.1 Å². The molecule has 0 aliphatic carbocycles. The molecule has 0 radical (unpaired) electrons. The topological polar surface area (TPSA) is 111 Å². The Morgan fingerprint density at radius 3 is 1.66 bits per heavy atom. The fourth-order valence-corrected chi connectivity index (χ4v) is 2.38. The van der Waals surface area contributed by atoms with Crippen LogP contribution in [-0.2, 0) is 0 Å². The van der Waals surface area contributed by atoms with Crippen LogP contribution in [0, 0.1) is 10.1 Å². The summed E-state index contributed by atoms with van der Waals surface area (Å²) >= 11 is 0. The van der Waals surface area contributed by atoms with Crippen LogP contribution in [0.3, 0.4) is 0 Å². The first-order chi connectivity index (χ1) is 14.1. The Balaban J connectivity index is 1.89. The Morgan fingerprint density at radius 1 is 0.724 bits per heavy atom.